The molecule has 8 nitrogen and oxygen atoms in total. The minimum Gasteiger partial charge on any atom is -0.438 e. The molecule has 0 aliphatic carbocycles. The highest BCUT2D eigenvalue weighted by molar-refractivity contribution is 8.26. The number of benzene rings is 1. The zero-order valence-electron chi connectivity index (χ0n) is 18.9. The summed E-state index contributed by atoms with van der Waals surface area (Å²) in [7, 11) is -3.20. The van der Waals surface area contributed by atoms with Crippen molar-refractivity contribution in [3.63, 3.8) is 0 Å². The molecule has 3 aromatic rings. The van der Waals surface area contributed by atoms with Gasteiger partial charge in [0, 0.05) is 6.20 Å². The van der Waals surface area contributed by atoms with Crippen molar-refractivity contribution in [2.45, 2.75) is 26.3 Å². The first-order valence-corrected chi connectivity index (χ1v) is 13.9. The van der Waals surface area contributed by atoms with E-state index in [9.17, 15) is 18.0 Å². The Morgan fingerprint density at radius 2 is 2.00 bits per heavy atom. The number of thioether (sulfide) groups is 1. The number of amides is 1. The zero-order chi connectivity index (χ0) is 24.9. The van der Waals surface area contributed by atoms with E-state index in [1.54, 1.807) is 18.3 Å². The van der Waals surface area contributed by atoms with Crippen LogP contribution in [0.15, 0.2) is 52.3 Å². The topological polar surface area (TPSA) is 98.1 Å². The first-order chi connectivity index (χ1) is 16.6. The maximum atomic E-state index is 13.5. The third kappa shape index (κ3) is 4.51. The van der Waals surface area contributed by atoms with Gasteiger partial charge in [0.25, 0.3) is 11.5 Å². The second kappa shape index (κ2) is 8.89. The first-order valence-electron chi connectivity index (χ1n) is 10.9. The number of fused-ring (bicyclic) bond motifs is 1. The molecule has 180 valence electrons. The standard InChI is InChI=1S/C24H21N3O5S3/c1-14-5-3-7-17(11-14)32-21-18(22(28)26-9-4-6-15(2)20(26)25-21)12-19-23(29)27(24(33)34-19)16-8-10-35(30,31)13-16/h3-7,9,11-12,16H,8,10,13H2,1-2H3/b19-12+. The van der Waals surface area contributed by atoms with Crippen LogP contribution in [0.2, 0.25) is 0 Å². The molecule has 1 atom stereocenters. The van der Waals surface area contributed by atoms with Crippen LogP contribution in [0.25, 0.3) is 11.7 Å². The number of aromatic nitrogens is 2. The highest BCUT2D eigenvalue weighted by Gasteiger charge is 2.42. The van der Waals surface area contributed by atoms with Crippen molar-refractivity contribution in [1.82, 2.24) is 14.3 Å². The molecule has 5 rings (SSSR count). The Kier molecular flexibility index (Phi) is 6.02. The van der Waals surface area contributed by atoms with Crippen LogP contribution in [0, 0.1) is 13.8 Å². The lowest BCUT2D eigenvalue weighted by atomic mass is 10.2. The van der Waals surface area contributed by atoms with Gasteiger partial charge >= 0.3 is 0 Å². The zero-order valence-corrected chi connectivity index (χ0v) is 21.4. The molecule has 0 spiro atoms. The smallest absolute Gasteiger partial charge is 0.269 e. The fourth-order valence-corrected chi connectivity index (χ4v) is 7.27. The van der Waals surface area contributed by atoms with Crippen molar-refractivity contribution in [1.29, 1.82) is 0 Å². The van der Waals surface area contributed by atoms with Gasteiger partial charge < -0.3 is 4.74 Å². The molecule has 2 aliphatic rings. The highest BCUT2D eigenvalue weighted by Crippen LogP contribution is 2.37. The summed E-state index contributed by atoms with van der Waals surface area (Å²) in [6.07, 6.45) is 3.39. The van der Waals surface area contributed by atoms with Crippen molar-refractivity contribution in [2.75, 3.05) is 11.5 Å². The van der Waals surface area contributed by atoms with Crippen LogP contribution in [-0.2, 0) is 14.6 Å². The Labute approximate surface area is 211 Å². The minimum atomic E-state index is -3.20. The van der Waals surface area contributed by atoms with E-state index in [1.165, 1.54) is 15.4 Å². The summed E-state index contributed by atoms with van der Waals surface area (Å²) in [6.45, 7) is 3.77. The number of rotatable bonds is 4. The minimum absolute atomic E-state index is 0.0253. The number of thiocarbonyl (C=S) groups is 1. The van der Waals surface area contributed by atoms with Crippen LogP contribution in [0.4, 0.5) is 0 Å². The fraction of sp³-hybridized carbons (Fsp3) is 0.250. The van der Waals surface area contributed by atoms with E-state index in [1.807, 2.05) is 38.1 Å². The van der Waals surface area contributed by atoms with Crippen LogP contribution in [0.3, 0.4) is 0 Å². The maximum absolute atomic E-state index is 13.5. The van der Waals surface area contributed by atoms with Gasteiger partial charge in [-0.15, -0.1) is 0 Å². The number of hydrogen-bond acceptors (Lipinski definition) is 8. The summed E-state index contributed by atoms with van der Waals surface area (Å²) >= 11 is 6.44. The monoisotopic (exact) mass is 527 g/mol. The molecule has 4 heterocycles. The first kappa shape index (κ1) is 23.7. The van der Waals surface area contributed by atoms with Crippen molar-refractivity contribution >= 4 is 55.8 Å². The third-order valence-corrected chi connectivity index (χ3v) is 9.01. The van der Waals surface area contributed by atoms with Crippen molar-refractivity contribution < 1.29 is 17.9 Å². The Bertz CT molecular complexity index is 1590. The fourth-order valence-electron chi connectivity index (χ4n) is 4.19. The van der Waals surface area contributed by atoms with Gasteiger partial charge in [-0.25, -0.2) is 8.42 Å². The normalized spacial score (nSPS) is 20.8. The molecular weight excluding hydrogens is 506 g/mol. The molecule has 2 aliphatic heterocycles. The predicted octanol–water partition coefficient (Wildman–Crippen LogP) is 3.49. The summed E-state index contributed by atoms with van der Waals surface area (Å²) in [5.74, 6) is 0.0694. The molecule has 1 aromatic carbocycles. The summed E-state index contributed by atoms with van der Waals surface area (Å²) in [5, 5.41) is 0. The molecule has 0 saturated carbocycles. The molecule has 11 heteroatoms. The van der Waals surface area contributed by atoms with Gasteiger partial charge in [-0.2, -0.15) is 4.98 Å². The highest BCUT2D eigenvalue weighted by atomic mass is 32.2. The maximum Gasteiger partial charge on any atom is 0.269 e. The average Bonchev–Trinajstić information content (AvgIpc) is 3.28. The van der Waals surface area contributed by atoms with Crippen LogP contribution >= 0.6 is 24.0 Å². The molecular formula is C24H21N3O5S3. The second-order valence-electron chi connectivity index (χ2n) is 8.55. The lowest BCUT2D eigenvalue weighted by molar-refractivity contribution is -0.123. The van der Waals surface area contributed by atoms with Crippen molar-refractivity contribution in [2.24, 2.45) is 0 Å². The van der Waals surface area contributed by atoms with Crippen LogP contribution in [-0.4, -0.2) is 50.5 Å². The van der Waals surface area contributed by atoms with Gasteiger partial charge in [-0.05, 0) is 55.7 Å². The van der Waals surface area contributed by atoms with E-state index in [0.29, 0.717) is 17.8 Å². The number of aryl methyl sites for hydroxylation is 2. The summed E-state index contributed by atoms with van der Waals surface area (Å²) in [6, 6.07) is 10.4. The summed E-state index contributed by atoms with van der Waals surface area (Å²) in [4.78, 5) is 32.9. The van der Waals surface area contributed by atoms with Gasteiger partial charge in [0.15, 0.2) is 9.84 Å². The van der Waals surface area contributed by atoms with Gasteiger partial charge in [-0.3, -0.25) is 18.9 Å². The SMILES string of the molecule is Cc1cccc(Oc2nc3c(C)cccn3c(=O)c2/C=C2/SC(=S)N(C3CCS(=O)(=O)C3)C2=O)c1. The number of carbonyl (C=O) groups is 1. The quantitative estimate of drug-likeness (QED) is 0.376. The lowest BCUT2D eigenvalue weighted by Crippen LogP contribution is -2.39. The average molecular weight is 528 g/mol. The van der Waals surface area contributed by atoms with Crippen LogP contribution < -0.4 is 10.3 Å². The molecule has 1 amide bonds. The van der Waals surface area contributed by atoms with Gasteiger partial charge in [0.1, 0.15) is 21.3 Å². The number of sulfone groups is 1. The molecule has 1 unspecified atom stereocenters. The van der Waals surface area contributed by atoms with E-state index < -0.39 is 27.3 Å². The Balaban J connectivity index is 1.61. The predicted molar refractivity (Wildman–Crippen MR) is 140 cm³/mol. The Hall–Kier alpha value is -3.02. The van der Waals surface area contributed by atoms with E-state index in [4.69, 9.17) is 17.0 Å². The molecule has 2 aromatic heterocycles. The lowest BCUT2D eigenvalue weighted by Gasteiger charge is -2.20. The van der Waals surface area contributed by atoms with Gasteiger partial charge in [0.05, 0.1) is 22.5 Å². The molecule has 0 radical (unpaired) electrons. The summed E-state index contributed by atoms with van der Waals surface area (Å²) < 4.78 is 31.6. The molecule has 2 saturated heterocycles. The molecule has 2 fully saturated rings. The van der Waals surface area contributed by atoms with Gasteiger partial charge in [0.2, 0.25) is 5.88 Å². The number of carbonyl (C=O) groups excluding carboxylic acids is 1. The number of pyridine rings is 1. The Morgan fingerprint density at radius 3 is 2.71 bits per heavy atom. The summed E-state index contributed by atoms with van der Waals surface area (Å²) in [5.41, 5.74) is 1.93. The van der Waals surface area contributed by atoms with E-state index >= 15 is 0 Å². The number of hydrogen-bond donors (Lipinski definition) is 0. The third-order valence-electron chi connectivity index (χ3n) is 5.93. The van der Waals surface area contributed by atoms with E-state index in [2.05, 4.69) is 4.98 Å². The van der Waals surface area contributed by atoms with E-state index in [-0.39, 0.29) is 32.2 Å². The van der Waals surface area contributed by atoms with Crippen molar-refractivity contribution in [3.8, 4) is 11.6 Å². The second-order valence-corrected chi connectivity index (χ2v) is 12.5. The molecule has 35 heavy (non-hydrogen) atoms. The molecule has 0 N–H and O–H groups in total. The van der Waals surface area contributed by atoms with Crippen molar-refractivity contribution in [3.05, 3.63) is 74.5 Å². The van der Waals surface area contributed by atoms with Crippen LogP contribution in [0.1, 0.15) is 23.1 Å². The van der Waals surface area contributed by atoms with Gasteiger partial charge in [-0.1, -0.05) is 42.2 Å². The van der Waals surface area contributed by atoms with Crippen LogP contribution in [0.5, 0.6) is 11.6 Å². The van der Waals surface area contributed by atoms with E-state index in [0.717, 1.165) is 22.9 Å². The number of ether oxygens (including phenoxy) is 1. The number of nitrogens with zero attached hydrogens (tertiary/aromatic N) is 3. The molecule has 0 bridgehead atoms. The largest absolute Gasteiger partial charge is 0.438 e. The Morgan fingerprint density at radius 1 is 1.20 bits per heavy atom.